The summed E-state index contributed by atoms with van der Waals surface area (Å²) in [5.74, 6) is 0. The van der Waals surface area contributed by atoms with Crippen molar-refractivity contribution in [3.05, 3.63) is 54.6 Å². The number of H-pyrrole nitrogens is 1. The monoisotopic (exact) mass is 271 g/mol. The third kappa shape index (κ3) is 2.27. The van der Waals surface area contributed by atoms with Crippen LogP contribution in [0.25, 0.3) is 22.2 Å². The van der Waals surface area contributed by atoms with Gasteiger partial charge in [-0.15, -0.1) is 0 Å². The van der Waals surface area contributed by atoms with Gasteiger partial charge in [-0.25, -0.2) is 8.42 Å². The van der Waals surface area contributed by atoms with Crippen LogP contribution in [0, 0.1) is 0 Å². The van der Waals surface area contributed by atoms with E-state index in [9.17, 15) is 8.42 Å². The number of aromatic nitrogens is 1. The summed E-state index contributed by atoms with van der Waals surface area (Å²) >= 11 is 0. The fraction of sp³-hybridized carbons (Fsp3) is 0.0667. The molecule has 0 amide bonds. The van der Waals surface area contributed by atoms with Gasteiger partial charge in [0.1, 0.15) is 0 Å². The number of hydrogen-bond acceptors (Lipinski definition) is 2. The zero-order chi connectivity index (χ0) is 13.5. The smallest absolute Gasteiger partial charge is 0.175 e. The lowest BCUT2D eigenvalue weighted by molar-refractivity contribution is 0.602. The molecule has 3 nitrogen and oxygen atoms in total. The number of rotatable bonds is 2. The Balaban J connectivity index is 2.17. The molecule has 0 aliphatic heterocycles. The van der Waals surface area contributed by atoms with E-state index in [1.165, 1.54) is 6.26 Å². The summed E-state index contributed by atoms with van der Waals surface area (Å²) in [5, 5.41) is 0.904. The Morgan fingerprint density at radius 1 is 0.947 bits per heavy atom. The van der Waals surface area contributed by atoms with Crippen molar-refractivity contribution in [3.8, 4) is 11.3 Å². The fourth-order valence-corrected chi connectivity index (χ4v) is 2.77. The van der Waals surface area contributed by atoms with Crippen molar-refractivity contribution in [1.29, 1.82) is 0 Å². The molecule has 4 heteroatoms. The van der Waals surface area contributed by atoms with Crippen LogP contribution in [0.4, 0.5) is 0 Å². The van der Waals surface area contributed by atoms with Gasteiger partial charge < -0.3 is 4.98 Å². The number of hydrogen-bond donors (Lipinski definition) is 1. The molecule has 3 aromatic rings. The molecule has 96 valence electrons. The van der Waals surface area contributed by atoms with Crippen molar-refractivity contribution in [2.75, 3.05) is 6.26 Å². The first-order valence-electron chi connectivity index (χ1n) is 5.92. The molecule has 2 aromatic carbocycles. The van der Waals surface area contributed by atoms with Crippen LogP contribution in [0.5, 0.6) is 0 Å². The summed E-state index contributed by atoms with van der Waals surface area (Å²) in [6.07, 6.45) is 1.22. The highest BCUT2D eigenvalue weighted by Gasteiger charge is 2.09. The number of aromatic amines is 1. The zero-order valence-electron chi connectivity index (χ0n) is 10.4. The average molecular weight is 271 g/mol. The zero-order valence-corrected chi connectivity index (χ0v) is 11.2. The van der Waals surface area contributed by atoms with Gasteiger partial charge in [-0.05, 0) is 29.8 Å². The van der Waals surface area contributed by atoms with Crippen LogP contribution in [0.3, 0.4) is 0 Å². The van der Waals surface area contributed by atoms with E-state index in [4.69, 9.17) is 0 Å². The molecule has 0 radical (unpaired) electrons. The van der Waals surface area contributed by atoms with Crippen LogP contribution >= 0.6 is 0 Å². The maximum absolute atomic E-state index is 11.5. The molecule has 0 spiro atoms. The van der Waals surface area contributed by atoms with Crippen molar-refractivity contribution in [1.82, 2.24) is 4.98 Å². The van der Waals surface area contributed by atoms with E-state index in [2.05, 4.69) is 4.98 Å². The lowest BCUT2D eigenvalue weighted by Crippen LogP contribution is -1.95. The first kappa shape index (κ1) is 12.0. The Morgan fingerprint density at radius 3 is 2.37 bits per heavy atom. The normalized spacial score (nSPS) is 11.8. The van der Waals surface area contributed by atoms with Gasteiger partial charge in [0.15, 0.2) is 9.84 Å². The molecule has 3 rings (SSSR count). The first-order valence-corrected chi connectivity index (χ1v) is 7.81. The molecule has 0 aliphatic rings. The van der Waals surface area contributed by atoms with E-state index in [-0.39, 0.29) is 0 Å². The van der Waals surface area contributed by atoms with E-state index >= 15 is 0 Å². The summed E-state index contributed by atoms with van der Waals surface area (Å²) < 4.78 is 23.1. The van der Waals surface area contributed by atoms with Gasteiger partial charge in [-0.2, -0.15) is 0 Å². The topological polar surface area (TPSA) is 49.9 Å². The fourth-order valence-electron chi connectivity index (χ4n) is 2.11. The van der Waals surface area contributed by atoms with E-state index in [1.54, 1.807) is 18.2 Å². The molecule has 0 atom stereocenters. The van der Waals surface area contributed by atoms with Crippen molar-refractivity contribution in [2.45, 2.75) is 4.90 Å². The Labute approximate surface area is 111 Å². The Bertz CT molecular complexity index is 833. The highest BCUT2D eigenvalue weighted by atomic mass is 32.2. The summed E-state index contributed by atoms with van der Waals surface area (Å²) in [4.78, 5) is 3.64. The summed E-state index contributed by atoms with van der Waals surface area (Å²) in [5.41, 5.74) is 3.01. The summed E-state index contributed by atoms with van der Waals surface area (Å²) in [6.45, 7) is 0. The molecule has 0 saturated heterocycles. The minimum absolute atomic E-state index is 0.346. The van der Waals surface area contributed by atoms with Gasteiger partial charge in [0.25, 0.3) is 0 Å². The molecule has 1 heterocycles. The van der Waals surface area contributed by atoms with Crippen LogP contribution in [-0.2, 0) is 9.84 Å². The largest absolute Gasteiger partial charge is 0.355 e. The molecule has 1 N–H and O–H groups in total. The van der Waals surface area contributed by atoms with E-state index in [0.717, 1.165) is 22.2 Å². The second-order valence-electron chi connectivity index (χ2n) is 4.57. The minimum Gasteiger partial charge on any atom is -0.355 e. The molecule has 0 fully saturated rings. The van der Waals surface area contributed by atoms with Crippen LogP contribution in [0.1, 0.15) is 0 Å². The Morgan fingerprint density at radius 2 is 1.68 bits per heavy atom. The second kappa shape index (κ2) is 4.24. The van der Waals surface area contributed by atoms with Gasteiger partial charge in [0, 0.05) is 22.9 Å². The van der Waals surface area contributed by atoms with Crippen LogP contribution in [0.15, 0.2) is 59.5 Å². The van der Waals surface area contributed by atoms with E-state index in [1.807, 2.05) is 36.4 Å². The first-order chi connectivity index (χ1) is 9.04. The quantitative estimate of drug-likeness (QED) is 0.778. The van der Waals surface area contributed by atoms with Crippen molar-refractivity contribution in [2.24, 2.45) is 0 Å². The SMILES string of the molecule is CS(=O)(=O)c1ccc2[nH]c(-c3ccccc3)cc2c1. The lowest BCUT2D eigenvalue weighted by atomic mass is 10.1. The Kier molecular flexibility index (Phi) is 2.68. The molecule has 19 heavy (non-hydrogen) atoms. The molecule has 0 aliphatic carbocycles. The van der Waals surface area contributed by atoms with Crippen molar-refractivity contribution in [3.63, 3.8) is 0 Å². The van der Waals surface area contributed by atoms with Gasteiger partial charge in [0.2, 0.25) is 0 Å². The lowest BCUT2D eigenvalue weighted by Gasteiger charge is -1.97. The van der Waals surface area contributed by atoms with Crippen LogP contribution in [0.2, 0.25) is 0 Å². The number of nitrogens with one attached hydrogen (secondary N) is 1. The molecule has 1 aromatic heterocycles. The molecule has 0 unspecified atom stereocenters. The minimum atomic E-state index is -3.16. The highest BCUT2D eigenvalue weighted by Crippen LogP contribution is 2.25. The summed E-state index contributed by atoms with van der Waals surface area (Å²) in [6, 6.07) is 17.1. The van der Waals surface area contributed by atoms with Gasteiger partial charge in [0.05, 0.1) is 4.90 Å². The van der Waals surface area contributed by atoms with E-state index < -0.39 is 9.84 Å². The van der Waals surface area contributed by atoms with Gasteiger partial charge in [-0.1, -0.05) is 30.3 Å². The average Bonchev–Trinajstić information content (AvgIpc) is 2.81. The molecule has 0 saturated carbocycles. The number of benzene rings is 2. The Hall–Kier alpha value is -2.07. The molecular formula is C15H13NO2S. The predicted octanol–water partition coefficient (Wildman–Crippen LogP) is 3.24. The number of fused-ring (bicyclic) bond motifs is 1. The molecule has 0 bridgehead atoms. The van der Waals surface area contributed by atoms with Crippen molar-refractivity contribution < 1.29 is 8.42 Å². The number of sulfone groups is 1. The maximum Gasteiger partial charge on any atom is 0.175 e. The maximum atomic E-state index is 11.5. The van der Waals surface area contributed by atoms with Crippen LogP contribution < -0.4 is 0 Å². The standard InChI is InChI=1S/C15H13NO2S/c1-19(17,18)13-7-8-14-12(9-13)10-15(16-14)11-5-3-2-4-6-11/h2-10,16H,1H3. The molecular weight excluding hydrogens is 258 g/mol. The van der Waals surface area contributed by atoms with Crippen molar-refractivity contribution >= 4 is 20.7 Å². The summed E-state index contributed by atoms with van der Waals surface area (Å²) in [7, 11) is -3.16. The van der Waals surface area contributed by atoms with E-state index in [0.29, 0.717) is 4.90 Å². The third-order valence-corrected chi connectivity index (χ3v) is 4.22. The van der Waals surface area contributed by atoms with Gasteiger partial charge in [-0.3, -0.25) is 0 Å². The van der Waals surface area contributed by atoms with Crippen LogP contribution in [-0.4, -0.2) is 19.7 Å². The second-order valence-corrected chi connectivity index (χ2v) is 6.59. The van der Waals surface area contributed by atoms with Gasteiger partial charge >= 0.3 is 0 Å². The predicted molar refractivity (Wildman–Crippen MR) is 76.8 cm³/mol. The third-order valence-electron chi connectivity index (χ3n) is 3.11. The highest BCUT2D eigenvalue weighted by molar-refractivity contribution is 7.90.